The second-order valence-corrected chi connectivity index (χ2v) is 8.92. The maximum Gasteiger partial charge on any atom is 0.322 e. The number of thiophene rings is 1. The number of benzene rings is 1. The molecule has 0 saturated carbocycles. The van der Waals surface area contributed by atoms with Crippen molar-refractivity contribution in [2.75, 3.05) is 44.6 Å². The van der Waals surface area contributed by atoms with Crippen LogP contribution in [0.2, 0.25) is 0 Å². The number of likely N-dealkylation sites (N-methyl/N-ethyl adjacent to an activating group) is 1. The molecule has 1 aliphatic heterocycles. The Morgan fingerprint density at radius 3 is 2.48 bits per heavy atom. The fraction of sp³-hybridized carbons (Fsp3) is 0.500. The highest BCUT2D eigenvalue weighted by Crippen LogP contribution is 2.18. The van der Waals surface area contributed by atoms with E-state index in [2.05, 4.69) is 30.1 Å². The van der Waals surface area contributed by atoms with Crippen LogP contribution >= 0.6 is 11.3 Å². The number of anilines is 1. The molecular formula is C24H34N4O2S. The van der Waals surface area contributed by atoms with Crippen molar-refractivity contribution in [3.05, 3.63) is 52.2 Å². The standard InChI is InChI=1S/C24H34N4O2S/c1-3-26(4-2)15-16-28(19-22-12-9-17-31-22)24(30)25-21-11-8-10-20(18-21)23(29)27-13-6-5-7-14-27/h8-12,17-18H,3-7,13-16,19H2,1-2H3,(H,25,30). The molecule has 1 N–H and O–H groups in total. The highest BCUT2D eigenvalue weighted by molar-refractivity contribution is 7.09. The van der Waals surface area contributed by atoms with Gasteiger partial charge in [-0.05, 0) is 62.0 Å². The SMILES string of the molecule is CCN(CC)CCN(Cc1cccs1)C(=O)Nc1cccc(C(=O)N2CCCCC2)c1. The largest absolute Gasteiger partial charge is 0.339 e. The van der Waals surface area contributed by atoms with Gasteiger partial charge in [0.2, 0.25) is 0 Å². The second kappa shape index (κ2) is 11.9. The summed E-state index contributed by atoms with van der Waals surface area (Å²) in [5.41, 5.74) is 1.29. The highest BCUT2D eigenvalue weighted by atomic mass is 32.1. The fourth-order valence-electron chi connectivity index (χ4n) is 3.86. The van der Waals surface area contributed by atoms with Gasteiger partial charge in [-0.2, -0.15) is 0 Å². The monoisotopic (exact) mass is 442 g/mol. The van der Waals surface area contributed by atoms with Crippen molar-refractivity contribution in [2.24, 2.45) is 0 Å². The van der Waals surface area contributed by atoms with E-state index >= 15 is 0 Å². The van der Waals surface area contributed by atoms with Crippen molar-refractivity contribution in [1.29, 1.82) is 0 Å². The summed E-state index contributed by atoms with van der Waals surface area (Å²) in [4.78, 5) is 33.2. The first-order valence-electron chi connectivity index (χ1n) is 11.3. The maximum atomic E-state index is 13.1. The normalized spacial score (nSPS) is 14.0. The molecule has 0 bridgehead atoms. The molecule has 31 heavy (non-hydrogen) atoms. The van der Waals surface area contributed by atoms with Crippen LogP contribution in [0.3, 0.4) is 0 Å². The predicted molar refractivity (Wildman–Crippen MR) is 128 cm³/mol. The fourth-order valence-corrected chi connectivity index (χ4v) is 4.58. The van der Waals surface area contributed by atoms with E-state index in [0.29, 0.717) is 24.3 Å². The lowest BCUT2D eigenvalue weighted by molar-refractivity contribution is 0.0724. The number of nitrogens with zero attached hydrogens (tertiary/aromatic N) is 3. The molecule has 3 rings (SSSR count). The van der Waals surface area contributed by atoms with E-state index < -0.39 is 0 Å². The van der Waals surface area contributed by atoms with Gasteiger partial charge in [-0.15, -0.1) is 11.3 Å². The van der Waals surface area contributed by atoms with E-state index in [1.165, 1.54) is 6.42 Å². The molecular weight excluding hydrogens is 408 g/mol. The van der Waals surface area contributed by atoms with E-state index in [9.17, 15) is 9.59 Å². The summed E-state index contributed by atoms with van der Waals surface area (Å²) < 4.78 is 0. The van der Waals surface area contributed by atoms with Gasteiger partial charge in [-0.3, -0.25) is 4.79 Å². The minimum atomic E-state index is -0.136. The molecule has 2 heterocycles. The van der Waals surface area contributed by atoms with Crippen LogP contribution in [0, 0.1) is 0 Å². The first kappa shape index (κ1) is 23.3. The Bertz CT molecular complexity index is 830. The van der Waals surface area contributed by atoms with Crippen LogP contribution in [0.1, 0.15) is 48.3 Å². The van der Waals surface area contributed by atoms with Crippen LogP contribution in [0.15, 0.2) is 41.8 Å². The Morgan fingerprint density at radius 1 is 1.03 bits per heavy atom. The highest BCUT2D eigenvalue weighted by Gasteiger charge is 2.20. The number of rotatable bonds is 9. The van der Waals surface area contributed by atoms with Crippen molar-refractivity contribution in [1.82, 2.24) is 14.7 Å². The lowest BCUT2D eigenvalue weighted by Gasteiger charge is -2.27. The first-order valence-corrected chi connectivity index (χ1v) is 12.2. The average Bonchev–Trinajstić information content (AvgIpc) is 3.32. The molecule has 1 aromatic carbocycles. The third kappa shape index (κ3) is 6.80. The molecule has 7 heteroatoms. The van der Waals surface area contributed by atoms with Gasteiger partial charge in [0.05, 0.1) is 6.54 Å². The van der Waals surface area contributed by atoms with Crippen molar-refractivity contribution >= 4 is 29.0 Å². The Hall–Kier alpha value is -2.38. The van der Waals surface area contributed by atoms with Gasteiger partial charge < -0.3 is 20.0 Å². The maximum absolute atomic E-state index is 13.1. The Kier molecular flexibility index (Phi) is 8.91. The predicted octanol–water partition coefficient (Wildman–Crippen LogP) is 4.75. The molecule has 0 spiro atoms. The smallest absolute Gasteiger partial charge is 0.322 e. The van der Waals surface area contributed by atoms with Crippen molar-refractivity contribution in [3.63, 3.8) is 0 Å². The van der Waals surface area contributed by atoms with Gasteiger partial charge in [0.25, 0.3) is 5.91 Å². The summed E-state index contributed by atoms with van der Waals surface area (Å²) >= 11 is 1.66. The van der Waals surface area contributed by atoms with Gasteiger partial charge in [-0.25, -0.2) is 4.79 Å². The molecule has 1 aliphatic rings. The van der Waals surface area contributed by atoms with Crippen LogP contribution in [-0.2, 0) is 6.54 Å². The summed E-state index contributed by atoms with van der Waals surface area (Å²) in [6.07, 6.45) is 3.31. The molecule has 1 saturated heterocycles. The molecule has 1 fully saturated rings. The average molecular weight is 443 g/mol. The molecule has 6 nitrogen and oxygen atoms in total. The third-order valence-electron chi connectivity index (χ3n) is 5.80. The van der Waals surface area contributed by atoms with Gasteiger partial charge in [-0.1, -0.05) is 26.0 Å². The zero-order valence-electron chi connectivity index (χ0n) is 18.7. The zero-order valence-corrected chi connectivity index (χ0v) is 19.5. The van der Waals surface area contributed by atoms with E-state index in [1.807, 2.05) is 39.4 Å². The minimum absolute atomic E-state index is 0.0489. The molecule has 3 amide bonds. The number of nitrogens with one attached hydrogen (secondary N) is 1. The van der Waals surface area contributed by atoms with Crippen molar-refractivity contribution in [3.8, 4) is 0 Å². The zero-order chi connectivity index (χ0) is 22.1. The van der Waals surface area contributed by atoms with Crippen molar-refractivity contribution < 1.29 is 9.59 Å². The summed E-state index contributed by atoms with van der Waals surface area (Å²) in [6.45, 7) is 9.90. The van der Waals surface area contributed by atoms with Gasteiger partial charge in [0.15, 0.2) is 0 Å². The Labute approximate surface area is 189 Å². The lowest BCUT2D eigenvalue weighted by atomic mass is 10.1. The van der Waals surface area contributed by atoms with Crippen LogP contribution in [-0.4, -0.2) is 65.9 Å². The molecule has 1 aromatic heterocycles. The number of amides is 3. The second-order valence-electron chi connectivity index (χ2n) is 7.89. The van der Waals surface area contributed by atoms with Crippen molar-refractivity contribution in [2.45, 2.75) is 39.7 Å². The number of urea groups is 1. The number of likely N-dealkylation sites (tertiary alicyclic amines) is 1. The Morgan fingerprint density at radius 2 is 1.81 bits per heavy atom. The third-order valence-corrected chi connectivity index (χ3v) is 6.66. The lowest BCUT2D eigenvalue weighted by Crippen LogP contribution is -2.40. The molecule has 168 valence electrons. The summed E-state index contributed by atoms with van der Waals surface area (Å²) in [5.74, 6) is 0.0489. The van der Waals surface area contributed by atoms with E-state index in [0.717, 1.165) is 50.4 Å². The van der Waals surface area contributed by atoms with Gasteiger partial charge in [0, 0.05) is 42.3 Å². The number of hydrogen-bond donors (Lipinski definition) is 1. The van der Waals surface area contributed by atoms with Crippen LogP contribution in [0.5, 0.6) is 0 Å². The molecule has 0 unspecified atom stereocenters. The molecule has 0 radical (unpaired) electrons. The van der Waals surface area contributed by atoms with Gasteiger partial charge in [0.1, 0.15) is 0 Å². The first-order chi connectivity index (χ1) is 15.1. The van der Waals surface area contributed by atoms with E-state index in [-0.39, 0.29) is 11.9 Å². The van der Waals surface area contributed by atoms with Crippen LogP contribution in [0.25, 0.3) is 0 Å². The Balaban J connectivity index is 1.67. The summed E-state index contributed by atoms with van der Waals surface area (Å²) in [5, 5.41) is 5.05. The molecule has 2 aromatic rings. The number of carbonyl (C=O) groups is 2. The summed E-state index contributed by atoms with van der Waals surface area (Å²) in [7, 11) is 0. The molecule has 0 aliphatic carbocycles. The number of hydrogen-bond acceptors (Lipinski definition) is 4. The summed E-state index contributed by atoms with van der Waals surface area (Å²) in [6, 6.07) is 11.2. The van der Waals surface area contributed by atoms with E-state index in [1.54, 1.807) is 17.4 Å². The van der Waals surface area contributed by atoms with Crippen LogP contribution in [0.4, 0.5) is 10.5 Å². The number of carbonyl (C=O) groups excluding carboxylic acids is 2. The van der Waals surface area contributed by atoms with Gasteiger partial charge >= 0.3 is 6.03 Å². The topological polar surface area (TPSA) is 55.9 Å². The minimum Gasteiger partial charge on any atom is -0.339 e. The van der Waals surface area contributed by atoms with Crippen LogP contribution < -0.4 is 5.32 Å². The van der Waals surface area contributed by atoms with E-state index in [4.69, 9.17) is 0 Å². The number of piperidine rings is 1. The molecule has 0 atom stereocenters. The quantitative estimate of drug-likeness (QED) is 0.610.